The highest BCUT2D eigenvalue weighted by Gasteiger charge is 2.70. The summed E-state index contributed by atoms with van der Waals surface area (Å²) < 4.78 is 0. The quantitative estimate of drug-likeness (QED) is 0.598. The molecule has 2 unspecified atom stereocenters. The van der Waals surface area contributed by atoms with Gasteiger partial charge in [0.15, 0.2) is 0 Å². The molecule has 1 saturated carbocycles. The van der Waals surface area contributed by atoms with Crippen LogP contribution in [0, 0.1) is 5.41 Å². The van der Waals surface area contributed by atoms with Crippen molar-refractivity contribution in [3.05, 3.63) is 58.7 Å². The van der Waals surface area contributed by atoms with Crippen molar-refractivity contribution in [2.24, 2.45) is 5.41 Å². The van der Waals surface area contributed by atoms with Crippen LogP contribution in [0.5, 0.6) is 0 Å². The minimum absolute atomic E-state index is 0.376. The lowest BCUT2D eigenvalue weighted by molar-refractivity contribution is 0.490. The van der Waals surface area contributed by atoms with E-state index in [1.807, 2.05) is 13.8 Å². The molecule has 0 heterocycles. The molecule has 0 amide bonds. The van der Waals surface area contributed by atoms with E-state index in [0.29, 0.717) is 10.8 Å². The van der Waals surface area contributed by atoms with Gasteiger partial charge in [0, 0.05) is 10.8 Å². The van der Waals surface area contributed by atoms with Gasteiger partial charge in [-0.1, -0.05) is 62.4 Å². The lowest BCUT2D eigenvalue weighted by Crippen LogP contribution is -2.28. The van der Waals surface area contributed by atoms with E-state index in [-0.39, 0.29) is 0 Å². The molecule has 0 N–H and O–H groups in total. The van der Waals surface area contributed by atoms with Crippen LogP contribution in [0.1, 0.15) is 49.8 Å². The van der Waals surface area contributed by atoms with Gasteiger partial charge in [-0.25, -0.2) is 0 Å². The van der Waals surface area contributed by atoms with E-state index in [9.17, 15) is 0 Å². The maximum atomic E-state index is 2.51. The number of hydrogen-bond acceptors (Lipinski definition) is 0. The van der Waals surface area contributed by atoms with Crippen molar-refractivity contribution in [2.75, 3.05) is 0 Å². The van der Waals surface area contributed by atoms with Crippen molar-refractivity contribution in [1.82, 2.24) is 0 Å². The van der Waals surface area contributed by atoms with E-state index in [4.69, 9.17) is 0 Å². The highest BCUT2D eigenvalue weighted by atomic mass is 14.7. The summed E-state index contributed by atoms with van der Waals surface area (Å²) in [5.41, 5.74) is 6.97. The molecule has 0 bridgehead atoms. The van der Waals surface area contributed by atoms with Gasteiger partial charge in [-0.2, -0.15) is 0 Å². The van der Waals surface area contributed by atoms with Gasteiger partial charge in [0.2, 0.25) is 0 Å². The van der Waals surface area contributed by atoms with Gasteiger partial charge in [-0.3, -0.25) is 0 Å². The number of benzene rings is 1. The number of rotatable bonds is 0. The Bertz CT molecular complexity index is 644. The summed E-state index contributed by atoms with van der Waals surface area (Å²) in [6.45, 7) is 4.00. The first-order chi connectivity index (χ1) is 9.36. The zero-order valence-electron chi connectivity index (χ0n) is 11.7. The third-order valence-corrected chi connectivity index (χ3v) is 5.33. The zero-order valence-corrected chi connectivity index (χ0v) is 11.7. The summed E-state index contributed by atoms with van der Waals surface area (Å²) in [5, 5.41) is 0. The molecule has 4 aliphatic rings. The van der Waals surface area contributed by atoms with Crippen molar-refractivity contribution in [1.29, 1.82) is 0 Å². The molecule has 0 saturated heterocycles. The normalized spacial score (nSPS) is 34.5. The van der Waals surface area contributed by atoms with Crippen LogP contribution in [-0.2, 0) is 5.41 Å². The standard InChI is InChI=1S/C17H14.C2H6/c1-3-12-6-7-14-5-2-9-16-10-8-13(4-1)15(12)17(14,16)11-16;1-2/h1,3-8,10H,2,9,11H2;1-2H3. The fourth-order valence-electron chi connectivity index (χ4n) is 4.54. The predicted octanol–water partition coefficient (Wildman–Crippen LogP) is 5.11. The predicted molar refractivity (Wildman–Crippen MR) is 81.9 cm³/mol. The van der Waals surface area contributed by atoms with Gasteiger partial charge in [0.25, 0.3) is 0 Å². The molecule has 0 radical (unpaired) electrons. The van der Waals surface area contributed by atoms with Gasteiger partial charge in [0.1, 0.15) is 0 Å². The second-order valence-corrected chi connectivity index (χ2v) is 5.91. The van der Waals surface area contributed by atoms with Gasteiger partial charge in [-0.15, -0.1) is 0 Å². The Morgan fingerprint density at radius 2 is 1.79 bits per heavy atom. The van der Waals surface area contributed by atoms with E-state index in [2.05, 4.69) is 48.6 Å². The van der Waals surface area contributed by atoms with Crippen LogP contribution in [0.3, 0.4) is 0 Å². The molecule has 0 aliphatic heterocycles. The van der Waals surface area contributed by atoms with E-state index in [0.717, 1.165) is 0 Å². The van der Waals surface area contributed by atoms with Crippen LogP contribution < -0.4 is 0 Å². The Labute approximate surface area is 115 Å². The zero-order chi connectivity index (χ0) is 13.1. The third kappa shape index (κ3) is 1.12. The van der Waals surface area contributed by atoms with Crippen molar-refractivity contribution >= 4 is 12.2 Å². The largest absolute Gasteiger partial charge is 0.0803 e. The number of hydrogen-bond donors (Lipinski definition) is 0. The molecule has 0 aromatic heterocycles. The van der Waals surface area contributed by atoms with Gasteiger partial charge < -0.3 is 0 Å². The molecule has 1 spiro atoms. The molecule has 5 rings (SSSR count). The fraction of sp³-hybridized carbons (Fsp3) is 0.368. The smallest absolute Gasteiger partial charge is 0.0311 e. The highest BCUT2D eigenvalue weighted by Crippen LogP contribution is 2.76. The molecular formula is C19H20. The van der Waals surface area contributed by atoms with Gasteiger partial charge in [0.05, 0.1) is 0 Å². The summed E-state index contributed by atoms with van der Waals surface area (Å²) in [7, 11) is 0. The van der Waals surface area contributed by atoms with Crippen molar-refractivity contribution in [3.63, 3.8) is 0 Å². The topological polar surface area (TPSA) is 0 Å². The molecule has 96 valence electrons. The monoisotopic (exact) mass is 248 g/mol. The molecule has 0 nitrogen and oxygen atoms in total. The molecular weight excluding hydrogens is 228 g/mol. The Kier molecular flexibility index (Phi) is 2.08. The second-order valence-electron chi connectivity index (χ2n) is 5.91. The first-order valence-electron chi connectivity index (χ1n) is 7.57. The summed E-state index contributed by atoms with van der Waals surface area (Å²) in [4.78, 5) is 0. The molecule has 2 atom stereocenters. The maximum Gasteiger partial charge on any atom is 0.0311 e. The van der Waals surface area contributed by atoms with Crippen LogP contribution in [-0.4, -0.2) is 0 Å². The lowest BCUT2D eigenvalue weighted by Gasteiger charge is -2.36. The highest BCUT2D eigenvalue weighted by molar-refractivity contribution is 5.80. The summed E-state index contributed by atoms with van der Waals surface area (Å²) in [6.07, 6.45) is 16.0. The van der Waals surface area contributed by atoms with Gasteiger partial charge in [-0.05, 0) is 41.5 Å². The average molecular weight is 248 g/mol. The van der Waals surface area contributed by atoms with Gasteiger partial charge >= 0.3 is 0 Å². The van der Waals surface area contributed by atoms with Crippen molar-refractivity contribution < 1.29 is 0 Å². The summed E-state index contributed by atoms with van der Waals surface area (Å²) in [6, 6.07) is 6.74. The second kappa shape index (κ2) is 3.50. The molecule has 1 aromatic rings. The van der Waals surface area contributed by atoms with Crippen molar-refractivity contribution in [2.45, 2.75) is 38.5 Å². The molecule has 1 fully saturated rings. The maximum absolute atomic E-state index is 2.51. The summed E-state index contributed by atoms with van der Waals surface area (Å²) >= 11 is 0. The van der Waals surface area contributed by atoms with Crippen LogP contribution in [0.15, 0.2) is 42.0 Å². The third-order valence-electron chi connectivity index (χ3n) is 5.33. The van der Waals surface area contributed by atoms with Crippen LogP contribution in [0.2, 0.25) is 0 Å². The minimum Gasteiger partial charge on any atom is -0.0803 e. The van der Waals surface area contributed by atoms with E-state index in [1.54, 1.807) is 11.1 Å². The molecule has 19 heavy (non-hydrogen) atoms. The van der Waals surface area contributed by atoms with E-state index < -0.39 is 0 Å². The Hall–Kier alpha value is -1.56. The lowest BCUT2D eigenvalue weighted by atomic mass is 9.67. The molecule has 4 aliphatic carbocycles. The van der Waals surface area contributed by atoms with Crippen LogP contribution >= 0.6 is 0 Å². The molecule has 0 heteroatoms. The van der Waals surface area contributed by atoms with E-state index >= 15 is 0 Å². The van der Waals surface area contributed by atoms with E-state index in [1.165, 1.54) is 30.4 Å². The van der Waals surface area contributed by atoms with Crippen LogP contribution in [0.4, 0.5) is 0 Å². The summed E-state index contributed by atoms with van der Waals surface area (Å²) in [5.74, 6) is 0. The first kappa shape index (κ1) is 11.3. The fourth-order valence-corrected chi connectivity index (χ4v) is 4.54. The Morgan fingerprint density at radius 3 is 2.63 bits per heavy atom. The van der Waals surface area contributed by atoms with Crippen LogP contribution in [0.25, 0.3) is 12.2 Å². The Balaban J connectivity index is 0.000000465. The Morgan fingerprint density at radius 1 is 1.00 bits per heavy atom. The average Bonchev–Trinajstić information content (AvgIpc) is 3.17. The number of allylic oxidation sites excluding steroid dienone is 4. The SMILES string of the molecule is C1=Cc2cccc3c2C24CC2(C=C3)CCC=C14.CC. The molecule has 1 aromatic carbocycles. The first-order valence-corrected chi connectivity index (χ1v) is 7.57. The van der Waals surface area contributed by atoms with Crippen molar-refractivity contribution in [3.8, 4) is 0 Å². The minimum atomic E-state index is 0.376.